The number of methoxy groups -OCH3 is 1. The van der Waals surface area contributed by atoms with Gasteiger partial charge in [0.15, 0.2) is 11.5 Å². The Morgan fingerprint density at radius 2 is 1.76 bits per heavy atom. The number of anilines is 1. The fourth-order valence-electron chi connectivity index (χ4n) is 3.67. The lowest BCUT2D eigenvalue weighted by molar-refractivity contribution is -0.111. The summed E-state index contributed by atoms with van der Waals surface area (Å²) in [7, 11) is 1.55. The number of thiophene rings is 1. The normalized spacial score (nSPS) is 10.8. The fourth-order valence-corrected chi connectivity index (χ4v) is 4.63. The minimum atomic E-state index is -0.566. The zero-order valence-corrected chi connectivity index (χ0v) is 21.7. The highest BCUT2D eigenvalue weighted by molar-refractivity contribution is 7.15. The maximum absolute atomic E-state index is 13.4. The minimum absolute atomic E-state index is 0.178. The SMILES string of the molecule is CCOC(=O)c1c(-c2ccc(F)cc2)csc1NC(=O)C=Cc1ccc(OCc2ccccc2)c(OC)c1. The van der Waals surface area contributed by atoms with Crippen molar-refractivity contribution in [2.24, 2.45) is 0 Å². The van der Waals surface area contributed by atoms with E-state index in [-0.39, 0.29) is 18.0 Å². The van der Waals surface area contributed by atoms with Gasteiger partial charge in [0, 0.05) is 17.0 Å². The maximum Gasteiger partial charge on any atom is 0.341 e. The van der Waals surface area contributed by atoms with Crippen molar-refractivity contribution in [3.8, 4) is 22.6 Å². The summed E-state index contributed by atoms with van der Waals surface area (Å²) in [6.07, 6.45) is 3.00. The van der Waals surface area contributed by atoms with E-state index < -0.39 is 11.9 Å². The van der Waals surface area contributed by atoms with Crippen LogP contribution in [0.5, 0.6) is 11.5 Å². The van der Waals surface area contributed by atoms with Gasteiger partial charge in [-0.2, -0.15) is 0 Å². The molecule has 0 aliphatic carbocycles. The Morgan fingerprint density at radius 1 is 1.00 bits per heavy atom. The third-order valence-electron chi connectivity index (χ3n) is 5.51. The lowest BCUT2D eigenvalue weighted by Crippen LogP contribution is -2.12. The molecule has 0 bridgehead atoms. The van der Waals surface area contributed by atoms with Crippen molar-refractivity contribution in [1.29, 1.82) is 0 Å². The Balaban J connectivity index is 1.48. The molecule has 0 atom stereocenters. The van der Waals surface area contributed by atoms with E-state index in [0.717, 1.165) is 11.1 Å². The van der Waals surface area contributed by atoms with Crippen molar-refractivity contribution in [1.82, 2.24) is 0 Å². The zero-order chi connectivity index (χ0) is 26.9. The van der Waals surface area contributed by atoms with Crippen LogP contribution >= 0.6 is 11.3 Å². The Bertz CT molecular complexity index is 1430. The molecular weight excluding hydrogens is 505 g/mol. The fraction of sp³-hybridized carbons (Fsp3) is 0.133. The highest BCUT2D eigenvalue weighted by Gasteiger charge is 2.22. The molecule has 0 spiro atoms. The molecule has 0 aliphatic heterocycles. The van der Waals surface area contributed by atoms with E-state index in [1.54, 1.807) is 49.8 Å². The largest absolute Gasteiger partial charge is 0.493 e. The number of halogens is 1. The monoisotopic (exact) mass is 531 g/mol. The highest BCUT2D eigenvalue weighted by Crippen LogP contribution is 2.36. The molecule has 1 amide bonds. The summed E-state index contributed by atoms with van der Waals surface area (Å²) in [5, 5.41) is 4.84. The van der Waals surface area contributed by atoms with E-state index in [2.05, 4.69) is 5.32 Å². The molecular formula is C30H26FNO5S. The zero-order valence-electron chi connectivity index (χ0n) is 20.9. The van der Waals surface area contributed by atoms with E-state index >= 15 is 0 Å². The molecule has 0 unspecified atom stereocenters. The molecule has 0 aliphatic rings. The molecule has 4 aromatic rings. The van der Waals surface area contributed by atoms with Crippen LogP contribution in [0.4, 0.5) is 9.39 Å². The first-order valence-corrected chi connectivity index (χ1v) is 12.7. The van der Waals surface area contributed by atoms with E-state index in [1.807, 2.05) is 36.4 Å². The van der Waals surface area contributed by atoms with Crippen molar-refractivity contribution in [3.63, 3.8) is 0 Å². The first-order valence-electron chi connectivity index (χ1n) is 11.9. The van der Waals surface area contributed by atoms with Crippen molar-refractivity contribution < 1.29 is 28.2 Å². The molecule has 1 heterocycles. The summed E-state index contributed by atoms with van der Waals surface area (Å²) in [6.45, 7) is 2.28. The second kappa shape index (κ2) is 12.7. The summed E-state index contributed by atoms with van der Waals surface area (Å²) < 4.78 is 29.9. The van der Waals surface area contributed by atoms with Crippen LogP contribution in [-0.4, -0.2) is 25.6 Å². The van der Waals surface area contributed by atoms with Gasteiger partial charge in [-0.25, -0.2) is 9.18 Å². The van der Waals surface area contributed by atoms with Gasteiger partial charge in [0.05, 0.1) is 13.7 Å². The molecule has 0 saturated heterocycles. The third kappa shape index (κ3) is 6.66. The van der Waals surface area contributed by atoms with Gasteiger partial charge in [-0.3, -0.25) is 4.79 Å². The molecule has 1 N–H and O–H groups in total. The molecule has 8 heteroatoms. The van der Waals surface area contributed by atoms with Gasteiger partial charge >= 0.3 is 5.97 Å². The number of benzene rings is 3. The molecule has 0 fully saturated rings. The summed E-state index contributed by atoms with van der Waals surface area (Å²) in [4.78, 5) is 25.5. The van der Waals surface area contributed by atoms with Gasteiger partial charge in [-0.15, -0.1) is 11.3 Å². The van der Waals surface area contributed by atoms with Gasteiger partial charge < -0.3 is 19.5 Å². The number of carbonyl (C=O) groups is 2. The number of rotatable bonds is 10. The molecule has 38 heavy (non-hydrogen) atoms. The summed E-state index contributed by atoms with van der Waals surface area (Å²) in [5.41, 5.74) is 3.19. The summed E-state index contributed by atoms with van der Waals surface area (Å²) in [5.74, 6) is -0.249. The van der Waals surface area contributed by atoms with Crippen molar-refractivity contribution in [2.75, 3.05) is 19.0 Å². The number of hydrogen-bond donors (Lipinski definition) is 1. The molecule has 1 aromatic heterocycles. The Morgan fingerprint density at radius 3 is 2.47 bits per heavy atom. The van der Waals surface area contributed by atoms with Crippen LogP contribution in [-0.2, 0) is 16.1 Å². The molecule has 4 rings (SSSR count). The number of amides is 1. The first kappa shape index (κ1) is 26.6. The van der Waals surface area contributed by atoms with Crippen LogP contribution in [0.1, 0.15) is 28.4 Å². The van der Waals surface area contributed by atoms with Crippen LogP contribution in [0.15, 0.2) is 84.3 Å². The average Bonchev–Trinajstić information content (AvgIpc) is 3.35. The van der Waals surface area contributed by atoms with E-state index in [9.17, 15) is 14.0 Å². The van der Waals surface area contributed by atoms with Gasteiger partial charge in [-0.05, 0) is 54.0 Å². The number of ether oxygens (including phenoxy) is 3. The van der Waals surface area contributed by atoms with E-state index in [4.69, 9.17) is 14.2 Å². The number of hydrogen-bond acceptors (Lipinski definition) is 6. The average molecular weight is 532 g/mol. The predicted octanol–water partition coefficient (Wildman–Crippen LogP) is 6.97. The first-order chi connectivity index (χ1) is 18.5. The van der Waals surface area contributed by atoms with Crippen LogP contribution in [0, 0.1) is 5.82 Å². The van der Waals surface area contributed by atoms with Crippen LogP contribution < -0.4 is 14.8 Å². The number of nitrogens with one attached hydrogen (secondary N) is 1. The van der Waals surface area contributed by atoms with Crippen LogP contribution in [0.3, 0.4) is 0 Å². The van der Waals surface area contributed by atoms with Crippen molar-refractivity contribution >= 4 is 34.3 Å². The summed E-state index contributed by atoms with van der Waals surface area (Å²) >= 11 is 1.19. The molecule has 0 saturated carbocycles. The number of carbonyl (C=O) groups excluding carboxylic acids is 2. The minimum Gasteiger partial charge on any atom is -0.493 e. The van der Waals surface area contributed by atoms with E-state index in [1.165, 1.54) is 29.5 Å². The lowest BCUT2D eigenvalue weighted by atomic mass is 10.0. The van der Waals surface area contributed by atoms with Crippen LogP contribution in [0.25, 0.3) is 17.2 Å². The van der Waals surface area contributed by atoms with Crippen molar-refractivity contribution in [2.45, 2.75) is 13.5 Å². The molecule has 6 nitrogen and oxygen atoms in total. The van der Waals surface area contributed by atoms with Gasteiger partial charge in [0.1, 0.15) is 23.0 Å². The lowest BCUT2D eigenvalue weighted by Gasteiger charge is -2.11. The quantitative estimate of drug-likeness (QED) is 0.177. The second-order valence-corrected chi connectivity index (χ2v) is 8.97. The summed E-state index contributed by atoms with van der Waals surface area (Å²) in [6, 6.07) is 20.9. The topological polar surface area (TPSA) is 73.9 Å². The molecule has 3 aromatic carbocycles. The van der Waals surface area contributed by atoms with E-state index in [0.29, 0.717) is 34.2 Å². The smallest absolute Gasteiger partial charge is 0.341 e. The predicted molar refractivity (Wildman–Crippen MR) is 147 cm³/mol. The highest BCUT2D eigenvalue weighted by atomic mass is 32.1. The molecule has 194 valence electrons. The second-order valence-electron chi connectivity index (χ2n) is 8.09. The van der Waals surface area contributed by atoms with Gasteiger partial charge in [-0.1, -0.05) is 48.5 Å². The van der Waals surface area contributed by atoms with Crippen molar-refractivity contribution in [3.05, 3.63) is 107 Å². The molecule has 0 radical (unpaired) electrons. The van der Waals surface area contributed by atoms with Gasteiger partial charge in [0.2, 0.25) is 5.91 Å². The number of esters is 1. The Hall–Kier alpha value is -4.43. The standard InChI is InChI=1S/C30H26FNO5S/c1-3-36-30(34)28-24(22-11-13-23(31)14-12-22)19-38-29(28)32-27(33)16-10-20-9-15-25(26(17-20)35-2)37-18-21-7-5-4-6-8-21/h4-17,19H,3,18H2,1-2H3,(H,32,33). The maximum atomic E-state index is 13.4. The van der Waals surface area contributed by atoms with Gasteiger partial charge in [0.25, 0.3) is 0 Å². The Kier molecular flexibility index (Phi) is 8.89. The Labute approximate surface area is 224 Å². The van der Waals surface area contributed by atoms with Crippen LogP contribution in [0.2, 0.25) is 0 Å². The third-order valence-corrected chi connectivity index (χ3v) is 6.41.